The number of hydrogen-bond donors (Lipinski definition) is 2. The van der Waals surface area contributed by atoms with Crippen LogP contribution in [-0.2, 0) is 9.59 Å². The van der Waals surface area contributed by atoms with E-state index in [2.05, 4.69) is 12.2 Å². The van der Waals surface area contributed by atoms with Gasteiger partial charge in [-0.1, -0.05) is 34.1 Å². The van der Waals surface area contributed by atoms with Crippen LogP contribution in [0.5, 0.6) is 0 Å². The molecule has 5 nitrogen and oxygen atoms in total. The van der Waals surface area contributed by atoms with Crippen LogP contribution in [0.3, 0.4) is 0 Å². The standard InChI is InChI=1S/C16H31N3O2/c1-5-6-12(17)11-14(20)18-13-7-9-19(10-8-13)15(21)16(2,3)4/h12-13H,5-11,17H2,1-4H3,(H,18,20). The maximum Gasteiger partial charge on any atom is 0.227 e. The average Bonchev–Trinajstić information content (AvgIpc) is 2.37. The Labute approximate surface area is 128 Å². The third kappa shape index (κ3) is 6.04. The lowest BCUT2D eigenvalue weighted by Crippen LogP contribution is -2.49. The van der Waals surface area contributed by atoms with Gasteiger partial charge in [-0.15, -0.1) is 0 Å². The Morgan fingerprint density at radius 1 is 1.29 bits per heavy atom. The normalized spacial score (nSPS) is 18.4. The Morgan fingerprint density at radius 3 is 2.33 bits per heavy atom. The van der Waals surface area contributed by atoms with Crippen LogP contribution in [0, 0.1) is 5.41 Å². The van der Waals surface area contributed by atoms with Crippen molar-refractivity contribution in [1.82, 2.24) is 10.2 Å². The van der Waals surface area contributed by atoms with E-state index in [1.165, 1.54) is 0 Å². The van der Waals surface area contributed by atoms with Crippen LogP contribution in [0.2, 0.25) is 0 Å². The van der Waals surface area contributed by atoms with Gasteiger partial charge in [-0.25, -0.2) is 0 Å². The monoisotopic (exact) mass is 297 g/mol. The van der Waals surface area contributed by atoms with Crippen molar-refractivity contribution in [3.63, 3.8) is 0 Å². The van der Waals surface area contributed by atoms with Gasteiger partial charge in [0.2, 0.25) is 11.8 Å². The maximum absolute atomic E-state index is 12.2. The second-order valence-corrected chi connectivity index (χ2v) is 7.14. The van der Waals surface area contributed by atoms with Crippen LogP contribution >= 0.6 is 0 Å². The van der Waals surface area contributed by atoms with Crippen LogP contribution in [-0.4, -0.2) is 41.9 Å². The number of hydrogen-bond acceptors (Lipinski definition) is 3. The molecule has 0 bridgehead atoms. The van der Waals surface area contributed by atoms with Gasteiger partial charge >= 0.3 is 0 Å². The first-order valence-electron chi connectivity index (χ1n) is 8.08. The quantitative estimate of drug-likeness (QED) is 0.810. The number of carbonyl (C=O) groups excluding carboxylic acids is 2. The van der Waals surface area contributed by atoms with Crippen molar-refractivity contribution in [1.29, 1.82) is 0 Å². The van der Waals surface area contributed by atoms with Gasteiger partial charge < -0.3 is 16.0 Å². The second kappa shape index (κ2) is 7.78. The maximum atomic E-state index is 12.2. The molecule has 1 rings (SSSR count). The van der Waals surface area contributed by atoms with Gasteiger partial charge in [0.1, 0.15) is 0 Å². The molecule has 2 amide bonds. The molecule has 1 aliphatic heterocycles. The minimum atomic E-state index is -0.330. The van der Waals surface area contributed by atoms with E-state index in [0.717, 1.165) is 38.8 Å². The molecule has 1 saturated heterocycles. The summed E-state index contributed by atoms with van der Waals surface area (Å²) in [7, 11) is 0. The third-order valence-corrected chi connectivity index (χ3v) is 3.90. The van der Waals surface area contributed by atoms with E-state index in [1.807, 2.05) is 25.7 Å². The molecule has 1 fully saturated rings. The summed E-state index contributed by atoms with van der Waals surface area (Å²) < 4.78 is 0. The Kier molecular flexibility index (Phi) is 6.65. The van der Waals surface area contributed by atoms with Gasteiger partial charge in [0.15, 0.2) is 0 Å². The van der Waals surface area contributed by atoms with Crippen LogP contribution < -0.4 is 11.1 Å². The summed E-state index contributed by atoms with van der Waals surface area (Å²) in [6, 6.07) is 0.132. The fourth-order valence-corrected chi connectivity index (χ4v) is 2.70. The van der Waals surface area contributed by atoms with Crippen molar-refractivity contribution in [3.8, 4) is 0 Å². The molecule has 122 valence electrons. The Hall–Kier alpha value is -1.10. The molecule has 0 aromatic carbocycles. The van der Waals surface area contributed by atoms with Crippen LogP contribution in [0.15, 0.2) is 0 Å². The zero-order valence-corrected chi connectivity index (χ0v) is 13.9. The molecule has 0 aromatic heterocycles. The minimum absolute atomic E-state index is 0.0385. The first-order valence-corrected chi connectivity index (χ1v) is 8.08. The topological polar surface area (TPSA) is 75.4 Å². The molecule has 5 heteroatoms. The summed E-state index contributed by atoms with van der Waals surface area (Å²) in [6.07, 6.45) is 3.94. The summed E-state index contributed by atoms with van der Waals surface area (Å²) in [6.45, 7) is 9.35. The zero-order chi connectivity index (χ0) is 16.0. The highest BCUT2D eigenvalue weighted by atomic mass is 16.2. The second-order valence-electron chi connectivity index (χ2n) is 7.14. The lowest BCUT2D eigenvalue weighted by molar-refractivity contribution is -0.140. The number of rotatable bonds is 5. The summed E-state index contributed by atoms with van der Waals surface area (Å²) in [5.41, 5.74) is 5.56. The molecule has 21 heavy (non-hydrogen) atoms. The fraction of sp³-hybridized carbons (Fsp3) is 0.875. The van der Waals surface area contributed by atoms with Crippen molar-refractivity contribution in [2.45, 2.75) is 71.9 Å². The number of nitrogens with zero attached hydrogens (tertiary/aromatic N) is 1. The zero-order valence-electron chi connectivity index (χ0n) is 13.9. The van der Waals surface area contributed by atoms with Gasteiger partial charge in [0.05, 0.1) is 0 Å². The molecule has 0 spiro atoms. The lowest BCUT2D eigenvalue weighted by atomic mass is 9.93. The summed E-state index contributed by atoms with van der Waals surface area (Å²) in [5, 5.41) is 3.05. The number of piperidine rings is 1. The lowest BCUT2D eigenvalue weighted by Gasteiger charge is -2.36. The molecule has 0 aliphatic carbocycles. The summed E-state index contributed by atoms with van der Waals surface area (Å²) in [5.74, 6) is 0.230. The SMILES string of the molecule is CCCC(N)CC(=O)NC1CCN(C(=O)C(C)(C)C)CC1. The number of carbonyl (C=O) groups is 2. The van der Waals surface area contributed by atoms with Gasteiger partial charge in [0.25, 0.3) is 0 Å². The van der Waals surface area contributed by atoms with Crippen molar-refractivity contribution < 1.29 is 9.59 Å². The molecule has 1 unspecified atom stereocenters. The van der Waals surface area contributed by atoms with E-state index in [-0.39, 0.29) is 29.3 Å². The van der Waals surface area contributed by atoms with Crippen molar-refractivity contribution in [2.75, 3.05) is 13.1 Å². The molecule has 0 saturated carbocycles. The van der Waals surface area contributed by atoms with E-state index in [0.29, 0.717) is 6.42 Å². The first kappa shape index (κ1) is 18.0. The molecule has 1 aliphatic rings. The molecule has 3 N–H and O–H groups in total. The Morgan fingerprint density at radius 2 is 1.86 bits per heavy atom. The van der Waals surface area contributed by atoms with Crippen LogP contribution in [0.1, 0.15) is 59.8 Å². The van der Waals surface area contributed by atoms with E-state index < -0.39 is 0 Å². The minimum Gasteiger partial charge on any atom is -0.353 e. The smallest absolute Gasteiger partial charge is 0.227 e. The molecule has 1 atom stereocenters. The van der Waals surface area contributed by atoms with Crippen molar-refractivity contribution >= 4 is 11.8 Å². The molecule has 0 radical (unpaired) electrons. The summed E-state index contributed by atoms with van der Waals surface area (Å²) in [4.78, 5) is 26.0. The van der Waals surface area contributed by atoms with Gasteiger partial charge in [-0.05, 0) is 19.3 Å². The number of nitrogens with two attached hydrogens (primary N) is 1. The number of likely N-dealkylation sites (tertiary alicyclic amines) is 1. The van der Waals surface area contributed by atoms with E-state index >= 15 is 0 Å². The van der Waals surface area contributed by atoms with E-state index in [1.54, 1.807) is 0 Å². The number of nitrogens with one attached hydrogen (secondary N) is 1. The molecule has 0 aromatic rings. The molecular weight excluding hydrogens is 266 g/mol. The van der Waals surface area contributed by atoms with Crippen LogP contribution in [0.25, 0.3) is 0 Å². The van der Waals surface area contributed by atoms with Gasteiger partial charge in [-0.2, -0.15) is 0 Å². The van der Waals surface area contributed by atoms with Crippen LogP contribution in [0.4, 0.5) is 0 Å². The van der Waals surface area contributed by atoms with E-state index in [9.17, 15) is 9.59 Å². The molecular formula is C16H31N3O2. The van der Waals surface area contributed by atoms with Gasteiger partial charge in [0, 0.05) is 37.0 Å². The van der Waals surface area contributed by atoms with Crippen molar-refractivity contribution in [3.05, 3.63) is 0 Å². The highest BCUT2D eigenvalue weighted by molar-refractivity contribution is 5.81. The fourth-order valence-electron chi connectivity index (χ4n) is 2.70. The van der Waals surface area contributed by atoms with Crippen molar-refractivity contribution in [2.24, 2.45) is 11.1 Å². The Balaban J connectivity index is 2.33. The summed E-state index contributed by atoms with van der Waals surface area (Å²) >= 11 is 0. The largest absolute Gasteiger partial charge is 0.353 e. The van der Waals surface area contributed by atoms with E-state index in [4.69, 9.17) is 5.73 Å². The number of amides is 2. The average molecular weight is 297 g/mol. The Bertz CT molecular complexity index is 355. The highest BCUT2D eigenvalue weighted by Gasteiger charge is 2.30. The predicted molar refractivity (Wildman–Crippen MR) is 84.7 cm³/mol. The van der Waals surface area contributed by atoms with Gasteiger partial charge in [-0.3, -0.25) is 9.59 Å². The highest BCUT2D eigenvalue weighted by Crippen LogP contribution is 2.21. The predicted octanol–water partition coefficient (Wildman–Crippen LogP) is 1.66. The third-order valence-electron chi connectivity index (χ3n) is 3.90. The molecule has 1 heterocycles. The first-order chi connectivity index (χ1) is 9.74.